The largest absolute Gasteiger partial charge is 0.326 e. The molecule has 0 bridgehead atoms. The molecule has 2 rings (SSSR count). The van der Waals surface area contributed by atoms with Crippen molar-refractivity contribution in [3.8, 4) is 11.1 Å². The van der Waals surface area contributed by atoms with Gasteiger partial charge >= 0.3 is 0 Å². The normalized spacial score (nSPS) is 10.3. The zero-order valence-electron chi connectivity index (χ0n) is 8.35. The summed E-state index contributed by atoms with van der Waals surface area (Å²) in [6.07, 6.45) is 0. The van der Waals surface area contributed by atoms with Gasteiger partial charge in [0.25, 0.3) is 0 Å². The predicted molar refractivity (Wildman–Crippen MR) is 67.0 cm³/mol. The summed E-state index contributed by atoms with van der Waals surface area (Å²) >= 11 is 4.26. The molecule has 0 atom stereocenters. The van der Waals surface area contributed by atoms with E-state index in [1.165, 1.54) is 11.1 Å². The Hall–Kier alpha value is -1.25. The summed E-state index contributed by atoms with van der Waals surface area (Å²) in [6, 6.07) is 16.4. The van der Waals surface area contributed by atoms with Crippen LogP contribution in [-0.4, -0.2) is 0 Å². The Labute approximate surface area is 95.3 Å². The molecule has 2 aromatic rings. The zero-order chi connectivity index (χ0) is 10.7. The highest BCUT2D eigenvalue weighted by atomic mass is 32.1. The third kappa shape index (κ3) is 2.41. The molecule has 2 aromatic carbocycles. The van der Waals surface area contributed by atoms with Gasteiger partial charge in [0.15, 0.2) is 0 Å². The van der Waals surface area contributed by atoms with E-state index in [9.17, 15) is 0 Å². The van der Waals surface area contributed by atoms with Gasteiger partial charge < -0.3 is 5.73 Å². The van der Waals surface area contributed by atoms with Crippen molar-refractivity contribution in [1.29, 1.82) is 0 Å². The monoisotopic (exact) mass is 215 g/mol. The van der Waals surface area contributed by atoms with Crippen molar-refractivity contribution in [3.05, 3.63) is 54.1 Å². The SMILES string of the molecule is NCc1ccc(-c2ccc(S)cc2)cc1. The smallest absolute Gasteiger partial charge is 0.0178 e. The quantitative estimate of drug-likeness (QED) is 0.740. The minimum Gasteiger partial charge on any atom is -0.326 e. The van der Waals surface area contributed by atoms with Crippen LogP contribution in [0.5, 0.6) is 0 Å². The van der Waals surface area contributed by atoms with Crippen LogP contribution < -0.4 is 5.73 Å². The number of benzene rings is 2. The van der Waals surface area contributed by atoms with E-state index in [4.69, 9.17) is 5.73 Å². The molecule has 0 saturated heterocycles. The van der Waals surface area contributed by atoms with Crippen LogP contribution in [0.1, 0.15) is 5.56 Å². The number of rotatable bonds is 2. The Morgan fingerprint density at radius 3 is 1.73 bits per heavy atom. The van der Waals surface area contributed by atoms with E-state index in [-0.39, 0.29) is 0 Å². The van der Waals surface area contributed by atoms with Crippen LogP contribution >= 0.6 is 12.6 Å². The van der Waals surface area contributed by atoms with Crippen LogP contribution in [0.3, 0.4) is 0 Å². The Kier molecular flexibility index (Phi) is 3.09. The highest BCUT2D eigenvalue weighted by Gasteiger charge is 1.96. The molecule has 0 amide bonds. The summed E-state index contributed by atoms with van der Waals surface area (Å²) < 4.78 is 0. The lowest BCUT2D eigenvalue weighted by atomic mass is 10.0. The Morgan fingerprint density at radius 1 is 0.800 bits per heavy atom. The van der Waals surface area contributed by atoms with Crippen LogP contribution in [0.4, 0.5) is 0 Å². The van der Waals surface area contributed by atoms with Gasteiger partial charge in [0, 0.05) is 11.4 Å². The molecule has 1 nitrogen and oxygen atoms in total. The standard InChI is InChI=1S/C13H13NS/c14-9-10-1-3-11(4-2-10)12-5-7-13(15)8-6-12/h1-8,15H,9,14H2. The van der Waals surface area contributed by atoms with Crippen LogP contribution in [0, 0.1) is 0 Å². The third-order valence-corrected chi connectivity index (χ3v) is 2.69. The van der Waals surface area contributed by atoms with Crippen molar-refractivity contribution in [1.82, 2.24) is 0 Å². The van der Waals surface area contributed by atoms with Gasteiger partial charge in [0.05, 0.1) is 0 Å². The average Bonchev–Trinajstić information content (AvgIpc) is 2.30. The van der Waals surface area contributed by atoms with Gasteiger partial charge in [0.1, 0.15) is 0 Å². The van der Waals surface area contributed by atoms with E-state index in [0.717, 1.165) is 10.5 Å². The van der Waals surface area contributed by atoms with E-state index < -0.39 is 0 Å². The fraction of sp³-hybridized carbons (Fsp3) is 0.0769. The van der Waals surface area contributed by atoms with E-state index in [1.807, 2.05) is 12.1 Å². The molecule has 76 valence electrons. The van der Waals surface area contributed by atoms with Gasteiger partial charge in [-0.2, -0.15) is 0 Å². The number of thiol groups is 1. The maximum absolute atomic E-state index is 5.55. The van der Waals surface area contributed by atoms with Gasteiger partial charge in [-0.1, -0.05) is 36.4 Å². The van der Waals surface area contributed by atoms with Crippen molar-refractivity contribution in [2.75, 3.05) is 0 Å². The Morgan fingerprint density at radius 2 is 1.27 bits per heavy atom. The van der Waals surface area contributed by atoms with E-state index in [2.05, 4.69) is 49.0 Å². The second-order valence-electron chi connectivity index (χ2n) is 3.45. The molecule has 0 aliphatic heterocycles. The summed E-state index contributed by atoms with van der Waals surface area (Å²) in [7, 11) is 0. The fourth-order valence-corrected chi connectivity index (χ4v) is 1.64. The van der Waals surface area contributed by atoms with Crippen molar-refractivity contribution < 1.29 is 0 Å². The second kappa shape index (κ2) is 4.51. The van der Waals surface area contributed by atoms with Crippen molar-refractivity contribution in [2.24, 2.45) is 5.73 Å². The minimum atomic E-state index is 0.593. The number of hydrogen-bond acceptors (Lipinski definition) is 2. The number of hydrogen-bond donors (Lipinski definition) is 2. The molecule has 0 aliphatic rings. The molecule has 0 unspecified atom stereocenters. The lowest BCUT2D eigenvalue weighted by Crippen LogP contribution is -1.95. The molecule has 2 N–H and O–H groups in total. The van der Waals surface area contributed by atoms with Crippen LogP contribution in [0.15, 0.2) is 53.4 Å². The topological polar surface area (TPSA) is 26.0 Å². The molecular weight excluding hydrogens is 202 g/mol. The van der Waals surface area contributed by atoms with Gasteiger partial charge in [-0.05, 0) is 28.8 Å². The fourth-order valence-electron chi connectivity index (χ4n) is 1.49. The summed E-state index contributed by atoms with van der Waals surface area (Å²) in [6.45, 7) is 0.593. The molecule has 2 heteroatoms. The van der Waals surface area contributed by atoms with Crippen LogP contribution in [0.25, 0.3) is 11.1 Å². The summed E-state index contributed by atoms with van der Waals surface area (Å²) in [5.74, 6) is 0. The Bertz CT molecular complexity index is 431. The van der Waals surface area contributed by atoms with Gasteiger partial charge in [-0.25, -0.2) is 0 Å². The molecule has 0 radical (unpaired) electrons. The van der Waals surface area contributed by atoms with Gasteiger partial charge in [0.2, 0.25) is 0 Å². The summed E-state index contributed by atoms with van der Waals surface area (Å²) in [5, 5.41) is 0. The first-order valence-electron chi connectivity index (χ1n) is 4.88. The molecular formula is C13H13NS. The molecule has 0 aliphatic carbocycles. The van der Waals surface area contributed by atoms with Crippen molar-refractivity contribution in [2.45, 2.75) is 11.4 Å². The lowest BCUT2D eigenvalue weighted by Gasteiger charge is -2.03. The van der Waals surface area contributed by atoms with Crippen LogP contribution in [-0.2, 0) is 6.54 Å². The van der Waals surface area contributed by atoms with E-state index in [0.29, 0.717) is 6.54 Å². The molecule has 0 saturated carbocycles. The third-order valence-electron chi connectivity index (χ3n) is 2.39. The lowest BCUT2D eigenvalue weighted by molar-refractivity contribution is 1.07. The maximum atomic E-state index is 5.55. The molecule has 15 heavy (non-hydrogen) atoms. The van der Waals surface area contributed by atoms with Gasteiger partial charge in [-0.3, -0.25) is 0 Å². The molecule has 0 heterocycles. The first-order valence-corrected chi connectivity index (χ1v) is 5.33. The summed E-state index contributed by atoms with van der Waals surface area (Å²) in [5.41, 5.74) is 9.12. The van der Waals surface area contributed by atoms with Crippen molar-refractivity contribution >= 4 is 12.6 Å². The first kappa shape index (κ1) is 10.3. The molecule has 0 fully saturated rings. The maximum Gasteiger partial charge on any atom is 0.0178 e. The van der Waals surface area contributed by atoms with E-state index in [1.54, 1.807) is 0 Å². The predicted octanol–water partition coefficient (Wildman–Crippen LogP) is 3.10. The van der Waals surface area contributed by atoms with Gasteiger partial charge in [-0.15, -0.1) is 12.6 Å². The minimum absolute atomic E-state index is 0.593. The molecule has 0 aromatic heterocycles. The first-order chi connectivity index (χ1) is 7.29. The molecule has 0 spiro atoms. The van der Waals surface area contributed by atoms with Crippen molar-refractivity contribution in [3.63, 3.8) is 0 Å². The highest BCUT2D eigenvalue weighted by Crippen LogP contribution is 2.21. The average molecular weight is 215 g/mol. The second-order valence-corrected chi connectivity index (χ2v) is 3.96. The summed E-state index contributed by atoms with van der Waals surface area (Å²) in [4.78, 5) is 0.984. The Balaban J connectivity index is 2.33. The van der Waals surface area contributed by atoms with E-state index >= 15 is 0 Å². The highest BCUT2D eigenvalue weighted by molar-refractivity contribution is 7.80. The number of nitrogens with two attached hydrogens (primary N) is 1. The van der Waals surface area contributed by atoms with Crippen LogP contribution in [0.2, 0.25) is 0 Å². The zero-order valence-corrected chi connectivity index (χ0v) is 9.24.